The van der Waals surface area contributed by atoms with E-state index in [-0.39, 0.29) is 4.90 Å². The van der Waals surface area contributed by atoms with Crippen LogP contribution in [0, 0.1) is 13.8 Å². The predicted molar refractivity (Wildman–Crippen MR) is 84.7 cm³/mol. The molecule has 0 amide bonds. The quantitative estimate of drug-likeness (QED) is 0.931. The molecule has 0 atom stereocenters. The number of benzene rings is 2. The summed E-state index contributed by atoms with van der Waals surface area (Å²) in [6.07, 6.45) is 0. The molecule has 0 saturated carbocycles. The Morgan fingerprint density at radius 1 is 1.10 bits per heavy atom. The van der Waals surface area contributed by atoms with Gasteiger partial charge in [-0.15, -0.1) is 0 Å². The Morgan fingerprint density at radius 2 is 1.81 bits per heavy atom. The molecule has 0 unspecified atom stereocenters. The van der Waals surface area contributed by atoms with E-state index in [9.17, 15) is 8.42 Å². The van der Waals surface area contributed by atoms with Crippen molar-refractivity contribution in [3.05, 3.63) is 52.5 Å². The maximum atomic E-state index is 12.5. The van der Waals surface area contributed by atoms with E-state index in [2.05, 4.69) is 4.72 Å². The van der Waals surface area contributed by atoms with E-state index in [0.717, 1.165) is 5.56 Å². The first-order valence-corrected chi connectivity index (χ1v) is 8.13. The Hall–Kier alpha value is -1.72. The fourth-order valence-corrected chi connectivity index (χ4v) is 3.57. The first kappa shape index (κ1) is 15.7. The van der Waals surface area contributed by atoms with Gasteiger partial charge in [0.25, 0.3) is 10.0 Å². The van der Waals surface area contributed by atoms with Crippen LogP contribution in [-0.4, -0.2) is 15.5 Å². The van der Waals surface area contributed by atoms with Crippen molar-refractivity contribution in [3.63, 3.8) is 0 Å². The van der Waals surface area contributed by atoms with Crippen LogP contribution in [0.5, 0.6) is 5.75 Å². The summed E-state index contributed by atoms with van der Waals surface area (Å²) < 4.78 is 32.5. The fraction of sp³-hybridized carbons (Fsp3) is 0.200. The van der Waals surface area contributed by atoms with Crippen molar-refractivity contribution in [2.24, 2.45) is 0 Å². The number of hydrogen-bond acceptors (Lipinski definition) is 3. The molecule has 1 N–H and O–H groups in total. The van der Waals surface area contributed by atoms with Crippen molar-refractivity contribution in [3.8, 4) is 5.75 Å². The molecule has 0 aliphatic heterocycles. The number of methoxy groups -OCH3 is 1. The predicted octanol–water partition coefficient (Wildman–Crippen LogP) is 3.77. The van der Waals surface area contributed by atoms with Crippen molar-refractivity contribution in [2.45, 2.75) is 18.7 Å². The second-order valence-corrected chi connectivity index (χ2v) is 6.78. The van der Waals surface area contributed by atoms with E-state index in [1.807, 2.05) is 13.0 Å². The molecule has 0 saturated heterocycles. The van der Waals surface area contributed by atoms with E-state index in [1.165, 1.54) is 13.2 Å². The van der Waals surface area contributed by atoms with Crippen molar-refractivity contribution >= 4 is 27.3 Å². The van der Waals surface area contributed by atoms with Gasteiger partial charge in [0.1, 0.15) is 5.75 Å². The lowest BCUT2D eigenvalue weighted by molar-refractivity contribution is 0.415. The van der Waals surface area contributed by atoms with Gasteiger partial charge in [0.15, 0.2) is 0 Å². The summed E-state index contributed by atoms with van der Waals surface area (Å²) in [5.41, 5.74) is 1.96. The van der Waals surface area contributed by atoms with Crippen LogP contribution < -0.4 is 9.46 Å². The maximum Gasteiger partial charge on any atom is 0.262 e. The lowest BCUT2D eigenvalue weighted by atomic mass is 10.2. The van der Waals surface area contributed by atoms with Crippen molar-refractivity contribution in [1.82, 2.24) is 0 Å². The summed E-state index contributed by atoms with van der Waals surface area (Å²) >= 11 is 6.00. The lowest BCUT2D eigenvalue weighted by Crippen LogP contribution is -2.14. The zero-order valence-corrected chi connectivity index (χ0v) is 13.5. The molecule has 0 aromatic heterocycles. The number of ether oxygens (including phenoxy) is 1. The number of halogens is 1. The molecule has 6 heteroatoms. The molecule has 0 heterocycles. The van der Waals surface area contributed by atoms with Crippen LogP contribution in [0.4, 0.5) is 5.69 Å². The topological polar surface area (TPSA) is 55.4 Å². The Labute approximate surface area is 129 Å². The summed E-state index contributed by atoms with van der Waals surface area (Å²) in [6.45, 7) is 3.61. The van der Waals surface area contributed by atoms with E-state index in [0.29, 0.717) is 22.0 Å². The van der Waals surface area contributed by atoms with E-state index < -0.39 is 10.0 Å². The van der Waals surface area contributed by atoms with Crippen molar-refractivity contribution in [2.75, 3.05) is 11.8 Å². The molecule has 2 aromatic carbocycles. The molecule has 112 valence electrons. The van der Waals surface area contributed by atoms with Gasteiger partial charge in [0.2, 0.25) is 0 Å². The Morgan fingerprint density at radius 3 is 2.43 bits per heavy atom. The fourth-order valence-electron chi connectivity index (χ4n) is 1.94. The highest BCUT2D eigenvalue weighted by Gasteiger charge is 2.17. The summed E-state index contributed by atoms with van der Waals surface area (Å²) in [5.74, 6) is 0.492. The highest BCUT2D eigenvalue weighted by Crippen LogP contribution is 2.29. The molecule has 2 rings (SSSR count). The van der Waals surface area contributed by atoms with Gasteiger partial charge in [0, 0.05) is 0 Å². The van der Waals surface area contributed by atoms with Gasteiger partial charge >= 0.3 is 0 Å². The molecular weight excluding hydrogens is 310 g/mol. The molecule has 0 bridgehead atoms. The molecule has 21 heavy (non-hydrogen) atoms. The largest absolute Gasteiger partial charge is 0.495 e. The zero-order chi connectivity index (χ0) is 15.6. The summed E-state index contributed by atoms with van der Waals surface area (Å²) in [4.78, 5) is 0.259. The van der Waals surface area contributed by atoms with Gasteiger partial charge in [-0.1, -0.05) is 23.7 Å². The van der Waals surface area contributed by atoms with Crippen LogP contribution in [-0.2, 0) is 10.0 Å². The second-order valence-electron chi connectivity index (χ2n) is 4.72. The van der Waals surface area contributed by atoms with Crippen molar-refractivity contribution in [1.29, 1.82) is 0 Å². The van der Waals surface area contributed by atoms with E-state index >= 15 is 0 Å². The first-order chi connectivity index (χ1) is 9.83. The Kier molecular flexibility index (Phi) is 4.44. The van der Waals surface area contributed by atoms with Crippen LogP contribution in [0.25, 0.3) is 0 Å². The van der Waals surface area contributed by atoms with Gasteiger partial charge in [-0.2, -0.15) is 0 Å². The summed E-state index contributed by atoms with van der Waals surface area (Å²) in [7, 11) is -2.15. The Bertz CT molecular complexity index is 772. The number of nitrogens with one attached hydrogen (secondary N) is 1. The molecular formula is C15H16ClNO3S. The van der Waals surface area contributed by atoms with Crippen LogP contribution in [0.1, 0.15) is 11.1 Å². The summed E-state index contributed by atoms with van der Waals surface area (Å²) in [6, 6.07) is 10.0. The first-order valence-electron chi connectivity index (χ1n) is 6.27. The number of aryl methyl sites for hydroxylation is 2. The average Bonchev–Trinajstić information content (AvgIpc) is 2.41. The smallest absolute Gasteiger partial charge is 0.262 e. The number of anilines is 1. The molecule has 0 fully saturated rings. The number of hydrogen-bond donors (Lipinski definition) is 1. The van der Waals surface area contributed by atoms with Gasteiger partial charge in [-0.3, -0.25) is 4.72 Å². The standard InChI is InChI=1S/C15H16ClNO3S/c1-10-4-5-11(2)15(8-10)21(18,19)17-12-6-7-14(20-3)13(16)9-12/h4-9,17H,1-3H3. The SMILES string of the molecule is COc1ccc(NS(=O)(=O)c2cc(C)ccc2C)cc1Cl. The highest BCUT2D eigenvalue weighted by molar-refractivity contribution is 7.92. The van der Waals surface area contributed by atoms with Gasteiger partial charge in [-0.25, -0.2) is 8.42 Å². The summed E-state index contributed by atoms with van der Waals surface area (Å²) in [5, 5.41) is 0.346. The molecule has 0 aliphatic rings. The molecule has 4 nitrogen and oxygen atoms in total. The average molecular weight is 326 g/mol. The minimum absolute atomic E-state index is 0.259. The van der Waals surface area contributed by atoms with Crippen molar-refractivity contribution < 1.29 is 13.2 Å². The third kappa shape index (κ3) is 3.49. The van der Waals surface area contributed by atoms with Crippen LogP contribution in [0.2, 0.25) is 5.02 Å². The van der Waals surface area contributed by atoms with Gasteiger partial charge in [0.05, 0.1) is 22.7 Å². The van der Waals surface area contributed by atoms with E-state index in [4.69, 9.17) is 16.3 Å². The monoisotopic (exact) mass is 325 g/mol. The van der Waals surface area contributed by atoms with E-state index in [1.54, 1.807) is 31.2 Å². The third-order valence-corrected chi connectivity index (χ3v) is 4.86. The second kappa shape index (κ2) is 5.95. The molecule has 0 spiro atoms. The minimum atomic E-state index is -3.65. The molecule has 0 radical (unpaired) electrons. The van der Waals surface area contributed by atoms with Gasteiger partial charge < -0.3 is 4.74 Å². The lowest BCUT2D eigenvalue weighted by Gasteiger charge is -2.12. The molecule has 2 aromatic rings. The third-order valence-electron chi connectivity index (χ3n) is 3.04. The highest BCUT2D eigenvalue weighted by atomic mass is 35.5. The maximum absolute atomic E-state index is 12.5. The van der Waals surface area contributed by atoms with Crippen LogP contribution in [0.15, 0.2) is 41.3 Å². The van der Waals surface area contributed by atoms with Crippen LogP contribution >= 0.6 is 11.6 Å². The zero-order valence-electron chi connectivity index (χ0n) is 12.0. The van der Waals surface area contributed by atoms with Crippen LogP contribution in [0.3, 0.4) is 0 Å². The molecule has 0 aliphatic carbocycles. The number of sulfonamides is 1. The van der Waals surface area contributed by atoms with Gasteiger partial charge in [-0.05, 0) is 49.2 Å². The Balaban J connectivity index is 2.37. The minimum Gasteiger partial charge on any atom is -0.495 e. The number of rotatable bonds is 4. The normalized spacial score (nSPS) is 11.2.